The fourth-order valence-electron chi connectivity index (χ4n) is 2.30. The number of carbonyl (C=O) groups is 2. The molecular formula is C19H31NO5. The van der Waals surface area contributed by atoms with Gasteiger partial charge in [-0.1, -0.05) is 58.9 Å². The Morgan fingerprint density at radius 2 is 1.64 bits per heavy atom. The predicted molar refractivity (Wildman–Crippen MR) is 97.1 cm³/mol. The lowest BCUT2D eigenvalue weighted by Gasteiger charge is -2.29. The van der Waals surface area contributed by atoms with Crippen LogP contribution in [0, 0.1) is 5.41 Å². The van der Waals surface area contributed by atoms with E-state index in [1.807, 2.05) is 38.1 Å². The van der Waals surface area contributed by atoms with Crippen molar-refractivity contribution in [1.82, 2.24) is 4.90 Å². The summed E-state index contributed by atoms with van der Waals surface area (Å²) in [6, 6.07) is 7.36. The molecule has 142 valence electrons. The Kier molecular flexibility index (Phi) is 10.0. The summed E-state index contributed by atoms with van der Waals surface area (Å²) in [5.74, 6) is -1.27. The van der Waals surface area contributed by atoms with Crippen molar-refractivity contribution in [1.29, 1.82) is 0 Å². The zero-order valence-corrected chi connectivity index (χ0v) is 16.3. The molecule has 1 N–H and O–H groups in total. The first-order valence-corrected chi connectivity index (χ1v) is 8.35. The van der Waals surface area contributed by atoms with Crippen LogP contribution in [-0.4, -0.2) is 42.6 Å². The average Bonchev–Trinajstić information content (AvgIpc) is 2.56. The van der Waals surface area contributed by atoms with Gasteiger partial charge in [-0.3, -0.25) is 9.59 Å². The number of carbonyl (C=O) groups excluding carboxylic acids is 1. The van der Waals surface area contributed by atoms with Crippen molar-refractivity contribution in [2.75, 3.05) is 20.8 Å². The summed E-state index contributed by atoms with van der Waals surface area (Å²) in [5, 5.41) is 9.10. The van der Waals surface area contributed by atoms with Gasteiger partial charge in [-0.2, -0.15) is 0 Å². The minimum atomic E-state index is -1.05. The molecule has 0 atom stereocenters. The number of hydrogen-bond acceptors (Lipinski definition) is 4. The molecule has 0 aliphatic rings. The second-order valence-electron chi connectivity index (χ2n) is 6.31. The molecule has 1 amide bonds. The minimum Gasteiger partial charge on any atom is -0.480 e. The highest BCUT2D eigenvalue weighted by atomic mass is 16.7. The van der Waals surface area contributed by atoms with Crippen LogP contribution >= 0.6 is 0 Å². The molecule has 1 aromatic rings. The predicted octanol–water partition coefficient (Wildman–Crippen LogP) is 3.46. The van der Waals surface area contributed by atoms with Crippen molar-refractivity contribution in [3.05, 3.63) is 35.4 Å². The van der Waals surface area contributed by atoms with Crippen molar-refractivity contribution < 1.29 is 24.2 Å². The lowest BCUT2D eigenvalue weighted by molar-refractivity contribution is -0.149. The van der Waals surface area contributed by atoms with Gasteiger partial charge in [0.05, 0.1) is 0 Å². The molecule has 0 aromatic heterocycles. The van der Waals surface area contributed by atoms with Crippen LogP contribution in [0.2, 0.25) is 0 Å². The van der Waals surface area contributed by atoms with E-state index in [4.69, 9.17) is 14.6 Å². The number of carboxylic acid groups (broad SMARTS) is 1. The second kappa shape index (κ2) is 10.8. The van der Waals surface area contributed by atoms with Gasteiger partial charge in [-0.05, 0) is 5.56 Å². The molecule has 0 aliphatic heterocycles. The maximum Gasteiger partial charge on any atom is 0.323 e. The Labute approximate surface area is 150 Å². The molecule has 0 saturated heterocycles. The Morgan fingerprint density at radius 3 is 2.08 bits per heavy atom. The molecule has 6 nitrogen and oxygen atoms in total. The lowest BCUT2D eigenvalue weighted by Crippen LogP contribution is -2.42. The van der Waals surface area contributed by atoms with Gasteiger partial charge in [0.2, 0.25) is 5.91 Å². The fraction of sp³-hybridized carbons (Fsp3) is 0.579. The van der Waals surface area contributed by atoms with E-state index in [0.29, 0.717) is 0 Å². The van der Waals surface area contributed by atoms with E-state index in [-0.39, 0.29) is 19.0 Å². The van der Waals surface area contributed by atoms with Gasteiger partial charge in [0, 0.05) is 31.7 Å². The Balaban J connectivity index is 0.00000277. The third-order valence-electron chi connectivity index (χ3n) is 3.35. The van der Waals surface area contributed by atoms with Gasteiger partial charge in [0.15, 0.2) is 6.29 Å². The Bertz CT molecular complexity index is 547. The van der Waals surface area contributed by atoms with E-state index in [1.165, 1.54) is 19.1 Å². The maximum absolute atomic E-state index is 12.5. The zero-order chi connectivity index (χ0) is 19.6. The van der Waals surface area contributed by atoms with E-state index in [2.05, 4.69) is 0 Å². The van der Waals surface area contributed by atoms with E-state index in [0.717, 1.165) is 11.1 Å². The molecule has 0 aliphatic carbocycles. The van der Waals surface area contributed by atoms with Gasteiger partial charge < -0.3 is 19.5 Å². The number of methoxy groups -OCH3 is 2. The first kappa shape index (κ1) is 23.1. The number of amides is 1. The number of rotatable bonds is 7. The van der Waals surface area contributed by atoms with Crippen LogP contribution in [0.3, 0.4) is 0 Å². The summed E-state index contributed by atoms with van der Waals surface area (Å²) in [6.45, 7) is 9.13. The van der Waals surface area contributed by atoms with Gasteiger partial charge in [-0.25, -0.2) is 0 Å². The molecule has 0 bridgehead atoms. The van der Waals surface area contributed by atoms with Crippen LogP contribution in [0.1, 0.15) is 52.0 Å². The van der Waals surface area contributed by atoms with Gasteiger partial charge in [-0.15, -0.1) is 0 Å². The van der Waals surface area contributed by atoms with Crippen LogP contribution in [0.5, 0.6) is 0 Å². The van der Waals surface area contributed by atoms with Crippen molar-refractivity contribution in [2.24, 2.45) is 5.41 Å². The van der Waals surface area contributed by atoms with Crippen LogP contribution < -0.4 is 0 Å². The second-order valence-corrected chi connectivity index (χ2v) is 6.31. The first-order valence-electron chi connectivity index (χ1n) is 8.35. The van der Waals surface area contributed by atoms with Crippen LogP contribution in [0.15, 0.2) is 24.3 Å². The van der Waals surface area contributed by atoms with E-state index in [1.54, 1.807) is 20.8 Å². The molecule has 1 aromatic carbocycles. The molecule has 0 spiro atoms. The smallest absolute Gasteiger partial charge is 0.323 e. The monoisotopic (exact) mass is 353 g/mol. The number of ether oxygens (including phenoxy) is 2. The molecule has 6 heteroatoms. The van der Waals surface area contributed by atoms with Crippen LogP contribution in [-0.2, 0) is 25.6 Å². The van der Waals surface area contributed by atoms with Crippen molar-refractivity contribution in [3.63, 3.8) is 0 Å². The third-order valence-corrected chi connectivity index (χ3v) is 3.35. The summed E-state index contributed by atoms with van der Waals surface area (Å²) in [5.41, 5.74) is 0.904. The molecule has 1 rings (SSSR count). The number of nitrogens with zero attached hydrogens (tertiary/aromatic N) is 1. The average molecular weight is 353 g/mol. The zero-order valence-electron chi connectivity index (χ0n) is 16.3. The largest absolute Gasteiger partial charge is 0.480 e. The summed E-state index contributed by atoms with van der Waals surface area (Å²) in [6.07, 6.45) is -0.567. The normalized spacial score (nSPS) is 10.9. The maximum atomic E-state index is 12.5. The SMILES string of the molecule is CC.COC(OC)c1ccccc1CN(CC(=O)O)C(=O)C(C)(C)C. The lowest BCUT2D eigenvalue weighted by atomic mass is 9.94. The van der Waals surface area contributed by atoms with Gasteiger partial charge in [0.25, 0.3) is 0 Å². The van der Waals surface area contributed by atoms with E-state index in [9.17, 15) is 9.59 Å². The molecule has 0 unspecified atom stereocenters. The minimum absolute atomic E-state index is 0.182. The standard InChI is InChI=1S/C17H25NO5.C2H6/c1-17(2,3)16(21)18(11-14(19)20)10-12-8-6-7-9-13(12)15(22-4)23-5;1-2/h6-9,15H,10-11H2,1-5H3,(H,19,20);1-2H3. The summed E-state index contributed by atoms with van der Waals surface area (Å²) in [4.78, 5) is 25.0. The van der Waals surface area contributed by atoms with E-state index < -0.39 is 17.7 Å². The topological polar surface area (TPSA) is 76.1 Å². The fourth-order valence-corrected chi connectivity index (χ4v) is 2.30. The molecule has 25 heavy (non-hydrogen) atoms. The van der Waals surface area contributed by atoms with Crippen molar-refractivity contribution >= 4 is 11.9 Å². The quantitative estimate of drug-likeness (QED) is 0.760. The number of hydrogen-bond donors (Lipinski definition) is 1. The summed E-state index contributed by atoms with van der Waals surface area (Å²) >= 11 is 0. The summed E-state index contributed by atoms with van der Waals surface area (Å²) < 4.78 is 10.5. The summed E-state index contributed by atoms with van der Waals surface area (Å²) in [7, 11) is 3.06. The van der Waals surface area contributed by atoms with E-state index >= 15 is 0 Å². The third kappa shape index (κ3) is 7.23. The molecule has 0 radical (unpaired) electrons. The van der Waals surface area contributed by atoms with Crippen LogP contribution in [0.4, 0.5) is 0 Å². The number of carboxylic acids is 1. The number of aliphatic carboxylic acids is 1. The molecule has 0 saturated carbocycles. The Morgan fingerprint density at radius 1 is 1.12 bits per heavy atom. The molecular weight excluding hydrogens is 322 g/mol. The highest BCUT2D eigenvalue weighted by molar-refractivity contribution is 5.85. The van der Waals surface area contributed by atoms with Crippen molar-refractivity contribution in [2.45, 2.75) is 47.5 Å². The number of benzene rings is 1. The Hall–Kier alpha value is -1.92. The van der Waals surface area contributed by atoms with Crippen LogP contribution in [0.25, 0.3) is 0 Å². The first-order chi connectivity index (χ1) is 11.7. The highest BCUT2D eigenvalue weighted by Crippen LogP contribution is 2.25. The van der Waals surface area contributed by atoms with Gasteiger partial charge >= 0.3 is 5.97 Å². The van der Waals surface area contributed by atoms with Gasteiger partial charge in [0.1, 0.15) is 6.54 Å². The molecule has 0 heterocycles. The molecule has 0 fully saturated rings. The highest BCUT2D eigenvalue weighted by Gasteiger charge is 2.29. The van der Waals surface area contributed by atoms with Crippen molar-refractivity contribution in [3.8, 4) is 0 Å².